The van der Waals surface area contributed by atoms with Crippen molar-refractivity contribution in [1.82, 2.24) is 5.16 Å². The van der Waals surface area contributed by atoms with E-state index in [9.17, 15) is 14.9 Å². The lowest BCUT2D eigenvalue weighted by molar-refractivity contribution is -0.385. The van der Waals surface area contributed by atoms with Gasteiger partial charge in [0.1, 0.15) is 5.56 Å². The van der Waals surface area contributed by atoms with Crippen molar-refractivity contribution in [2.75, 3.05) is 0 Å². The van der Waals surface area contributed by atoms with Gasteiger partial charge in [0.15, 0.2) is 5.76 Å². The molecule has 1 aromatic heterocycles. The predicted molar refractivity (Wildman–Crippen MR) is 83.7 cm³/mol. The molecule has 0 spiro atoms. The summed E-state index contributed by atoms with van der Waals surface area (Å²) in [6.45, 7) is 5.91. The van der Waals surface area contributed by atoms with Crippen molar-refractivity contribution in [2.45, 2.75) is 44.9 Å². The van der Waals surface area contributed by atoms with Gasteiger partial charge in [0, 0.05) is 12.0 Å². The van der Waals surface area contributed by atoms with Crippen LogP contribution in [-0.2, 0) is 5.41 Å². The molecule has 23 heavy (non-hydrogen) atoms. The molecule has 1 aliphatic rings. The second kappa shape index (κ2) is 5.30. The summed E-state index contributed by atoms with van der Waals surface area (Å²) < 4.78 is 5.17. The Labute approximate surface area is 133 Å². The molecule has 3 rings (SSSR count). The Bertz CT molecular complexity index is 782. The molecule has 0 bridgehead atoms. The minimum atomic E-state index is -0.507. The van der Waals surface area contributed by atoms with Gasteiger partial charge in [-0.25, -0.2) is 0 Å². The molecule has 120 valence electrons. The first-order valence-electron chi connectivity index (χ1n) is 7.57. The molecule has 1 heterocycles. The van der Waals surface area contributed by atoms with Crippen LogP contribution in [0.1, 0.15) is 66.8 Å². The van der Waals surface area contributed by atoms with Gasteiger partial charge in [0.25, 0.3) is 5.69 Å². The average molecular weight is 314 g/mol. The third-order valence-corrected chi connectivity index (χ3v) is 4.10. The van der Waals surface area contributed by atoms with Crippen molar-refractivity contribution >= 4 is 11.5 Å². The third kappa shape index (κ3) is 2.88. The smallest absolute Gasteiger partial charge is 0.280 e. The first-order chi connectivity index (χ1) is 10.8. The topological polar surface area (TPSA) is 86.2 Å². The molecular weight excluding hydrogens is 296 g/mol. The van der Waals surface area contributed by atoms with Crippen LogP contribution in [0.25, 0.3) is 0 Å². The van der Waals surface area contributed by atoms with E-state index < -0.39 is 10.7 Å². The lowest BCUT2D eigenvalue weighted by Crippen LogP contribution is -2.13. The number of hydrogen-bond donors (Lipinski definition) is 0. The normalized spacial score (nSPS) is 14.7. The number of hydrogen-bond acceptors (Lipinski definition) is 5. The number of ketones is 1. The van der Waals surface area contributed by atoms with E-state index in [1.54, 1.807) is 6.07 Å². The Morgan fingerprint density at radius 2 is 2.00 bits per heavy atom. The first kappa shape index (κ1) is 15.4. The fraction of sp³-hybridized carbons (Fsp3) is 0.412. The van der Waals surface area contributed by atoms with Gasteiger partial charge in [-0.1, -0.05) is 32.0 Å². The summed E-state index contributed by atoms with van der Waals surface area (Å²) in [7, 11) is 0. The van der Waals surface area contributed by atoms with E-state index in [-0.39, 0.29) is 22.6 Å². The van der Waals surface area contributed by atoms with E-state index >= 15 is 0 Å². The minimum absolute atomic E-state index is 0.0769. The van der Waals surface area contributed by atoms with Gasteiger partial charge in [-0.2, -0.15) is 0 Å². The summed E-state index contributed by atoms with van der Waals surface area (Å²) >= 11 is 0. The fourth-order valence-electron chi connectivity index (χ4n) is 2.55. The van der Waals surface area contributed by atoms with Gasteiger partial charge >= 0.3 is 0 Å². The van der Waals surface area contributed by atoms with E-state index in [4.69, 9.17) is 4.52 Å². The lowest BCUT2D eigenvalue weighted by Gasteiger charge is -2.19. The van der Waals surface area contributed by atoms with E-state index in [2.05, 4.69) is 5.16 Å². The number of rotatable bonds is 4. The van der Waals surface area contributed by atoms with Crippen LogP contribution in [0.5, 0.6) is 0 Å². The molecule has 0 atom stereocenters. The summed E-state index contributed by atoms with van der Waals surface area (Å²) in [5.41, 5.74) is 0.814. The van der Waals surface area contributed by atoms with Crippen molar-refractivity contribution in [1.29, 1.82) is 0 Å². The van der Waals surface area contributed by atoms with Crippen molar-refractivity contribution < 1.29 is 14.2 Å². The van der Waals surface area contributed by atoms with E-state index in [1.807, 2.05) is 20.8 Å². The molecule has 0 aliphatic heterocycles. The Kier molecular flexibility index (Phi) is 3.55. The molecule has 2 aromatic rings. The Morgan fingerprint density at radius 3 is 2.57 bits per heavy atom. The highest BCUT2D eigenvalue weighted by Gasteiger charge is 2.34. The van der Waals surface area contributed by atoms with Crippen LogP contribution in [0.4, 0.5) is 5.69 Å². The maximum atomic E-state index is 12.7. The Morgan fingerprint density at radius 1 is 1.30 bits per heavy atom. The number of nitrogens with zero attached hydrogens (tertiary/aromatic N) is 2. The van der Waals surface area contributed by atoms with Crippen molar-refractivity contribution in [3.05, 3.63) is 57.0 Å². The fourth-order valence-corrected chi connectivity index (χ4v) is 2.55. The molecular formula is C17H18N2O4. The predicted octanol–water partition coefficient (Wildman–Crippen LogP) is 3.99. The molecule has 1 fully saturated rings. The van der Waals surface area contributed by atoms with Crippen LogP contribution in [-0.4, -0.2) is 15.9 Å². The number of aromatic nitrogens is 1. The van der Waals surface area contributed by atoms with Crippen LogP contribution in [0, 0.1) is 10.1 Å². The number of carbonyl (C=O) groups excluding carboxylic acids is 1. The highest BCUT2D eigenvalue weighted by atomic mass is 16.6. The standard InChI is InChI=1S/C17H18N2O4/c1-17(2,3)11-6-7-12(14(8-11)19(21)22)15(20)13-9-18-23-16(13)10-4-5-10/h6-10H,4-5H2,1-3H3. The lowest BCUT2D eigenvalue weighted by atomic mass is 9.85. The third-order valence-electron chi connectivity index (χ3n) is 4.10. The molecule has 0 unspecified atom stereocenters. The molecule has 1 saturated carbocycles. The number of nitro groups is 1. The maximum Gasteiger partial charge on any atom is 0.280 e. The number of nitro benzene ring substituents is 1. The minimum Gasteiger partial charge on any atom is -0.360 e. The molecule has 0 amide bonds. The second-order valence-corrected chi connectivity index (χ2v) is 6.95. The average Bonchev–Trinajstić information content (AvgIpc) is 3.22. The zero-order chi connectivity index (χ0) is 16.8. The van der Waals surface area contributed by atoms with E-state index in [0.29, 0.717) is 11.3 Å². The van der Waals surface area contributed by atoms with Gasteiger partial charge in [0.05, 0.1) is 16.7 Å². The van der Waals surface area contributed by atoms with E-state index in [0.717, 1.165) is 18.4 Å². The summed E-state index contributed by atoms with van der Waals surface area (Å²) in [5.74, 6) is 0.355. The SMILES string of the molecule is CC(C)(C)c1ccc(C(=O)c2cnoc2C2CC2)c([N+](=O)[O-])c1. The van der Waals surface area contributed by atoms with Crippen LogP contribution in [0.3, 0.4) is 0 Å². The molecule has 6 nitrogen and oxygen atoms in total. The van der Waals surface area contributed by atoms with Gasteiger partial charge in [-0.15, -0.1) is 0 Å². The van der Waals surface area contributed by atoms with Crippen LogP contribution < -0.4 is 0 Å². The van der Waals surface area contributed by atoms with Gasteiger partial charge < -0.3 is 4.52 Å². The van der Waals surface area contributed by atoms with Crippen LogP contribution in [0.2, 0.25) is 0 Å². The second-order valence-electron chi connectivity index (χ2n) is 6.95. The molecule has 1 aliphatic carbocycles. The Balaban J connectivity index is 2.06. The highest BCUT2D eigenvalue weighted by Crippen LogP contribution is 2.42. The molecule has 0 N–H and O–H groups in total. The summed E-state index contributed by atoms with van der Waals surface area (Å²) in [6.07, 6.45) is 3.28. The summed E-state index contributed by atoms with van der Waals surface area (Å²) in [6, 6.07) is 4.78. The van der Waals surface area contributed by atoms with Crippen LogP contribution in [0.15, 0.2) is 28.9 Å². The van der Waals surface area contributed by atoms with Gasteiger partial charge in [0.2, 0.25) is 5.78 Å². The highest BCUT2D eigenvalue weighted by molar-refractivity contribution is 6.12. The summed E-state index contributed by atoms with van der Waals surface area (Å²) in [5, 5.41) is 15.1. The molecule has 0 saturated heterocycles. The number of carbonyl (C=O) groups is 1. The van der Waals surface area contributed by atoms with Crippen molar-refractivity contribution in [3.8, 4) is 0 Å². The van der Waals surface area contributed by atoms with E-state index in [1.165, 1.54) is 18.3 Å². The Hall–Kier alpha value is -2.50. The first-order valence-corrected chi connectivity index (χ1v) is 7.57. The quantitative estimate of drug-likeness (QED) is 0.484. The summed E-state index contributed by atoms with van der Waals surface area (Å²) in [4.78, 5) is 23.7. The van der Waals surface area contributed by atoms with Gasteiger partial charge in [-0.05, 0) is 29.9 Å². The zero-order valence-electron chi connectivity index (χ0n) is 13.3. The molecule has 0 radical (unpaired) electrons. The zero-order valence-corrected chi connectivity index (χ0v) is 13.3. The molecule has 6 heteroatoms. The maximum absolute atomic E-state index is 12.7. The number of benzene rings is 1. The monoisotopic (exact) mass is 314 g/mol. The van der Waals surface area contributed by atoms with Crippen molar-refractivity contribution in [2.24, 2.45) is 0 Å². The molecule has 1 aromatic carbocycles. The largest absolute Gasteiger partial charge is 0.360 e. The van der Waals surface area contributed by atoms with Crippen LogP contribution >= 0.6 is 0 Å². The van der Waals surface area contributed by atoms with Crippen molar-refractivity contribution in [3.63, 3.8) is 0 Å². The van der Waals surface area contributed by atoms with Gasteiger partial charge in [-0.3, -0.25) is 14.9 Å².